The average molecular weight is 472 g/mol. The summed E-state index contributed by atoms with van der Waals surface area (Å²) in [6, 6.07) is 8.23. The first-order valence-electron chi connectivity index (χ1n) is 10.8. The number of ether oxygens (including phenoxy) is 1. The number of carbonyl (C=O) groups excluding carboxylic acids is 1. The van der Waals surface area contributed by atoms with Gasteiger partial charge in [-0.2, -0.15) is 9.29 Å². The number of rotatable bonds is 9. The summed E-state index contributed by atoms with van der Waals surface area (Å²) >= 11 is 0. The van der Waals surface area contributed by atoms with Gasteiger partial charge >= 0.3 is 0 Å². The van der Waals surface area contributed by atoms with E-state index in [2.05, 4.69) is 20.4 Å². The summed E-state index contributed by atoms with van der Waals surface area (Å²) in [5, 5.41) is 6.65. The molecule has 1 aliphatic rings. The van der Waals surface area contributed by atoms with E-state index in [1.54, 1.807) is 37.5 Å². The maximum atomic E-state index is 13.1. The number of anilines is 1. The van der Waals surface area contributed by atoms with Gasteiger partial charge in [0.2, 0.25) is 27.6 Å². The third-order valence-electron chi connectivity index (χ3n) is 5.16. The quantitative estimate of drug-likeness (QED) is 0.505. The number of nitrogens with one attached hydrogen (secondary N) is 1. The molecule has 0 bridgehead atoms. The predicted octanol–water partition coefficient (Wildman–Crippen LogP) is 2.89. The Morgan fingerprint density at radius 3 is 2.79 bits per heavy atom. The summed E-state index contributed by atoms with van der Waals surface area (Å²) in [5.41, 5.74) is 1.10. The molecule has 1 fully saturated rings. The van der Waals surface area contributed by atoms with Crippen molar-refractivity contribution in [2.24, 2.45) is 0 Å². The van der Waals surface area contributed by atoms with E-state index in [9.17, 15) is 13.2 Å². The maximum Gasteiger partial charge on any atom is 0.246 e. The molecular weight excluding hydrogens is 446 g/mol. The number of nitrogens with zero attached hydrogens (tertiary/aromatic N) is 4. The number of benzene rings is 1. The van der Waals surface area contributed by atoms with Gasteiger partial charge in [-0.15, -0.1) is 0 Å². The Kier molecular flexibility index (Phi) is 6.99. The fourth-order valence-electron chi connectivity index (χ4n) is 3.54. The number of carbonyl (C=O) groups is 1. The lowest BCUT2D eigenvalue weighted by Crippen LogP contribution is -2.28. The molecule has 4 rings (SSSR count). The lowest BCUT2D eigenvalue weighted by molar-refractivity contribution is -0.116. The van der Waals surface area contributed by atoms with E-state index in [1.165, 1.54) is 10.4 Å². The maximum absolute atomic E-state index is 13.1. The molecule has 1 amide bonds. The molecule has 0 radical (unpaired) electrons. The van der Waals surface area contributed by atoms with Gasteiger partial charge in [0.1, 0.15) is 10.6 Å². The molecule has 2 aromatic heterocycles. The second-order valence-electron chi connectivity index (χ2n) is 7.51. The minimum absolute atomic E-state index is 0.0575. The molecule has 3 aromatic rings. The van der Waals surface area contributed by atoms with Crippen LogP contribution in [0.5, 0.6) is 5.75 Å². The Labute approximate surface area is 192 Å². The first-order valence-corrected chi connectivity index (χ1v) is 12.2. The molecule has 1 saturated heterocycles. The van der Waals surface area contributed by atoms with Gasteiger partial charge < -0.3 is 14.6 Å². The summed E-state index contributed by atoms with van der Waals surface area (Å²) in [5.74, 6) is 0.704. The van der Waals surface area contributed by atoms with E-state index in [0.717, 1.165) is 18.4 Å². The van der Waals surface area contributed by atoms with E-state index in [1.807, 2.05) is 6.07 Å². The number of amides is 1. The third-order valence-corrected chi connectivity index (χ3v) is 7.08. The molecule has 174 valence electrons. The molecule has 0 unspecified atom stereocenters. The van der Waals surface area contributed by atoms with Gasteiger partial charge in [-0.25, -0.2) is 8.42 Å². The second-order valence-corrected chi connectivity index (χ2v) is 9.41. The van der Waals surface area contributed by atoms with Crippen LogP contribution in [0.1, 0.15) is 32.1 Å². The van der Waals surface area contributed by atoms with Crippen molar-refractivity contribution in [2.45, 2.75) is 37.5 Å². The van der Waals surface area contributed by atoms with Crippen LogP contribution in [-0.2, 0) is 21.2 Å². The van der Waals surface area contributed by atoms with Crippen LogP contribution in [-0.4, -0.2) is 53.5 Å². The molecule has 1 aromatic carbocycles. The number of hydrogen-bond acceptors (Lipinski definition) is 8. The molecular formula is C22H25N5O5S. The average Bonchev–Trinajstić information content (AvgIpc) is 3.52. The summed E-state index contributed by atoms with van der Waals surface area (Å²) < 4.78 is 38.4. The molecule has 1 N–H and O–H groups in total. The summed E-state index contributed by atoms with van der Waals surface area (Å²) in [6.07, 6.45) is 5.28. The zero-order chi connectivity index (χ0) is 23.3. The van der Waals surface area contributed by atoms with Crippen LogP contribution in [0.2, 0.25) is 0 Å². The summed E-state index contributed by atoms with van der Waals surface area (Å²) in [6.45, 7) is 3.09. The van der Waals surface area contributed by atoms with Crippen LogP contribution in [0.4, 0.5) is 5.69 Å². The van der Waals surface area contributed by atoms with Gasteiger partial charge in [0.05, 0.1) is 6.61 Å². The van der Waals surface area contributed by atoms with Crippen molar-refractivity contribution >= 4 is 21.6 Å². The number of sulfonamides is 1. The van der Waals surface area contributed by atoms with Gasteiger partial charge in [-0.1, -0.05) is 5.16 Å². The van der Waals surface area contributed by atoms with Crippen LogP contribution < -0.4 is 10.1 Å². The largest absolute Gasteiger partial charge is 0.492 e. The van der Waals surface area contributed by atoms with Gasteiger partial charge in [0.15, 0.2) is 0 Å². The van der Waals surface area contributed by atoms with Crippen molar-refractivity contribution in [1.82, 2.24) is 19.4 Å². The highest BCUT2D eigenvalue weighted by molar-refractivity contribution is 7.89. The molecule has 0 aliphatic carbocycles. The molecule has 33 heavy (non-hydrogen) atoms. The fourth-order valence-corrected chi connectivity index (χ4v) is 5.22. The Hall–Kier alpha value is -3.31. The molecule has 3 heterocycles. The van der Waals surface area contributed by atoms with Crippen molar-refractivity contribution in [3.05, 3.63) is 48.6 Å². The SMILES string of the molecule is CCOc1ccc(NC(=O)CCc2nc(-c3cccnc3)no2)cc1S(=O)(=O)N1CCCC1. The molecule has 0 saturated carbocycles. The van der Waals surface area contributed by atoms with Crippen LogP contribution in [0, 0.1) is 0 Å². The van der Waals surface area contributed by atoms with E-state index in [0.29, 0.717) is 37.1 Å². The molecule has 10 nitrogen and oxygen atoms in total. The van der Waals surface area contributed by atoms with Crippen molar-refractivity contribution in [2.75, 3.05) is 25.0 Å². The minimum Gasteiger partial charge on any atom is -0.492 e. The second kappa shape index (κ2) is 10.1. The van der Waals surface area contributed by atoms with Gasteiger partial charge in [-0.05, 0) is 50.1 Å². The molecule has 0 atom stereocenters. The van der Waals surface area contributed by atoms with Crippen LogP contribution in [0.3, 0.4) is 0 Å². The van der Waals surface area contributed by atoms with Gasteiger partial charge in [0, 0.05) is 49.6 Å². The molecule has 0 spiro atoms. The Balaban J connectivity index is 1.43. The highest BCUT2D eigenvalue weighted by atomic mass is 32.2. The summed E-state index contributed by atoms with van der Waals surface area (Å²) in [7, 11) is -3.71. The van der Waals surface area contributed by atoms with Crippen molar-refractivity contribution in [1.29, 1.82) is 0 Å². The Morgan fingerprint density at radius 2 is 2.06 bits per heavy atom. The number of hydrogen-bond donors (Lipinski definition) is 1. The van der Waals surface area contributed by atoms with Crippen molar-refractivity contribution in [3.8, 4) is 17.1 Å². The van der Waals surface area contributed by atoms with Gasteiger partial charge in [0.25, 0.3) is 0 Å². The third kappa shape index (κ3) is 5.37. The highest BCUT2D eigenvalue weighted by Crippen LogP contribution is 2.31. The van der Waals surface area contributed by atoms with Crippen LogP contribution in [0.25, 0.3) is 11.4 Å². The molecule has 1 aliphatic heterocycles. The predicted molar refractivity (Wildman–Crippen MR) is 120 cm³/mol. The monoisotopic (exact) mass is 471 g/mol. The summed E-state index contributed by atoms with van der Waals surface area (Å²) in [4.78, 5) is 20.8. The lowest BCUT2D eigenvalue weighted by Gasteiger charge is -2.19. The number of aromatic nitrogens is 3. The van der Waals surface area contributed by atoms with E-state index in [4.69, 9.17) is 9.26 Å². The lowest BCUT2D eigenvalue weighted by atomic mass is 10.2. The highest BCUT2D eigenvalue weighted by Gasteiger charge is 2.30. The van der Waals surface area contributed by atoms with E-state index < -0.39 is 10.0 Å². The van der Waals surface area contributed by atoms with Crippen LogP contribution in [0.15, 0.2) is 52.1 Å². The van der Waals surface area contributed by atoms with Crippen molar-refractivity contribution in [3.63, 3.8) is 0 Å². The fraction of sp³-hybridized carbons (Fsp3) is 0.364. The minimum atomic E-state index is -3.71. The zero-order valence-corrected chi connectivity index (χ0v) is 19.0. The first kappa shape index (κ1) is 22.9. The number of aryl methyl sites for hydroxylation is 1. The van der Waals surface area contributed by atoms with E-state index in [-0.39, 0.29) is 29.4 Å². The smallest absolute Gasteiger partial charge is 0.246 e. The Morgan fingerprint density at radius 1 is 1.24 bits per heavy atom. The van der Waals surface area contributed by atoms with Gasteiger partial charge in [-0.3, -0.25) is 9.78 Å². The standard InChI is InChI=1S/C22H25N5O5S/c1-2-31-18-8-7-17(14-19(18)33(29,30)27-12-3-4-13-27)24-20(28)9-10-21-25-22(26-32-21)16-6-5-11-23-15-16/h5-8,11,14-15H,2-4,9-10,12-13H2,1H3,(H,24,28). The van der Waals surface area contributed by atoms with E-state index >= 15 is 0 Å². The van der Waals surface area contributed by atoms with Crippen LogP contribution >= 0.6 is 0 Å². The topological polar surface area (TPSA) is 128 Å². The van der Waals surface area contributed by atoms with Crippen molar-refractivity contribution < 1.29 is 22.5 Å². The Bertz CT molecular complexity index is 1210. The first-order chi connectivity index (χ1) is 16.0. The molecule has 11 heteroatoms. The normalized spacial score (nSPS) is 14.3. The zero-order valence-electron chi connectivity index (χ0n) is 18.2. The number of pyridine rings is 1.